The van der Waals surface area contributed by atoms with Crippen LogP contribution < -0.4 is 5.32 Å². The monoisotopic (exact) mass is 391 g/mol. The number of nitrogens with one attached hydrogen (secondary N) is 1. The zero-order valence-electron chi connectivity index (χ0n) is 16.6. The van der Waals surface area contributed by atoms with Gasteiger partial charge in [-0.25, -0.2) is 4.98 Å². The molecular weight excluding hydrogens is 366 g/mol. The number of fused-ring (bicyclic) bond motifs is 3. The van der Waals surface area contributed by atoms with E-state index in [2.05, 4.69) is 17.2 Å². The van der Waals surface area contributed by atoms with Crippen molar-refractivity contribution in [1.82, 2.24) is 4.98 Å². The molecule has 0 amide bonds. The van der Waals surface area contributed by atoms with Gasteiger partial charge in [0.1, 0.15) is 11.2 Å². The van der Waals surface area contributed by atoms with Crippen molar-refractivity contribution >= 4 is 22.5 Å². The number of hydrogen-bond donors (Lipinski definition) is 1. The van der Waals surface area contributed by atoms with Crippen molar-refractivity contribution in [3.63, 3.8) is 0 Å². The topological polar surface area (TPSA) is 81.2 Å². The standard InChI is InChI=1S/C23H25N3O3/c1-15-11-16-5-4-10-23(13-15,14-16)25-18-9-8-17(12-20(18)26(27)28)22-24-19-6-2-3-7-21(19)29-22/h2-3,6-9,12,15-16,25H,4-5,10-11,13-14H2,1H3/t15-,16?,23?/m1/s1. The van der Waals surface area contributed by atoms with Gasteiger partial charge in [-0.2, -0.15) is 0 Å². The molecule has 6 nitrogen and oxygen atoms in total. The third-order valence-corrected chi connectivity index (χ3v) is 6.56. The molecule has 2 saturated carbocycles. The molecule has 6 heteroatoms. The van der Waals surface area contributed by atoms with Crippen LogP contribution in [0.15, 0.2) is 46.9 Å². The highest BCUT2D eigenvalue weighted by Gasteiger charge is 2.42. The van der Waals surface area contributed by atoms with Crippen LogP contribution in [0.4, 0.5) is 11.4 Å². The summed E-state index contributed by atoms with van der Waals surface area (Å²) in [5, 5.41) is 15.5. The van der Waals surface area contributed by atoms with E-state index in [1.54, 1.807) is 6.07 Å². The molecule has 0 radical (unpaired) electrons. The molecule has 3 aromatic rings. The molecule has 0 spiro atoms. The van der Waals surface area contributed by atoms with E-state index >= 15 is 0 Å². The first kappa shape index (κ1) is 18.2. The lowest BCUT2D eigenvalue weighted by atomic mass is 9.64. The number of nitrogens with zero attached hydrogens (tertiary/aromatic N) is 2. The maximum Gasteiger partial charge on any atom is 0.293 e. The summed E-state index contributed by atoms with van der Waals surface area (Å²) in [6.07, 6.45) is 7.03. The molecule has 1 N–H and O–H groups in total. The van der Waals surface area contributed by atoms with Gasteiger partial charge in [0.05, 0.1) is 4.92 Å². The first-order chi connectivity index (χ1) is 14.0. The minimum atomic E-state index is -0.308. The van der Waals surface area contributed by atoms with Crippen molar-refractivity contribution in [2.75, 3.05) is 5.32 Å². The molecule has 2 aliphatic carbocycles. The number of anilines is 1. The molecule has 0 saturated heterocycles. The Hall–Kier alpha value is -2.89. The van der Waals surface area contributed by atoms with Gasteiger partial charge in [0.15, 0.2) is 5.58 Å². The first-order valence-electron chi connectivity index (χ1n) is 10.4. The number of benzene rings is 2. The second-order valence-electron chi connectivity index (χ2n) is 8.89. The summed E-state index contributed by atoms with van der Waals surface area (Å²) in [4.78, 5) is 16.0. The second-order valence-corrected chi connectivity index (χ2v) is 8.89. The summed E-state index contributed by atoms with van der Waals surface area (Å²) in [7, 11) is 0. The maximum atomic E-state index is 11.9. The third kappa shape index (κ3) is 3.37. The van der Waals surface area contributed by atoms with Crippen molar-refractivity contribution in [3.05, 3.63) is 52.6 Å². The Bertz CT molecular complexity index is 1040. The van der Waals surface area contributed by atoms with E-state index in [0.717, 1.165) is 30.7 Å². The lowest BCUT2D eigenvalue weighted by Crippen LogP contribution is -2.48. The number of nitro groups is 1. The van der Waals surface area contributed by atoms with Gasteiger partial charge >= 0.3 is 0 Å². The van der Waals surface area contributed by atoms with E-state index in [1.807, 2.05) is 36.4 Å². The number of nitro benzene ring substituents is 1. The van der Waals surface area contributed by atoms with Gasteiger partial charge in [0.2, 0.25) is 5.89 Å². The number of rotatable bonds is 4. The lowest BCUT2D eigenvalue weighted by Gasteiger charge is -2.48. The molecule has 29 heavy (non-hydrogen) atoms. The molecule has 0 aliphatic heterocycles. The van der Waals surface area contributed by atoms with Crippen LogP contribution in [0.1, 0.15) is 45.4 Å². The second kappa shape index (κ2) is 6.87. The molecule has 1 heterocycles. The van der Waals surface area contributed by atoms with Gasteiger partial charge in [0.25, 0.3) is 5.69 Å². The number of oxazole rings is 1. The third-order valence-electron chi connectivity index (χ3n) is 6.56. The van der Waals surface area contributed by atoms with E-state index in [4.69, 9.17) is 4.42 Å². The predicted octanol–water partition coefficient (Wildman–Crippen LogP) is 6.17. The number of aromatic nitrogens is 1. The molecule has 2 fully saturated rings. The maximum absolute atomic E-state index is 11.9. The van der Waals surface area contributed by atoms with Gasteiger partial charge in [-0.1, -0.05) is 31.9 Å². The molecule has 1 aromatic heterocycles. The van der Waals surface area contributed by atoms with Crippen molar-refractivity contribution < 1.29 is 9.34 Å². The quantitative estimate of drug-likeness (QED) is 0.424. The normalized spacial score (nSPS) is 26.4. The van der Waals surface area contributed by atoms with Crippen LogP contribution in [0, 0.1) is 22.0 Å². The van der Waals surface area contributed by atoms with Crippen LogP contribution in [0.3, 0.4) is 0 Å². The van der Waals surface area contributed by atoms with E-state index in [0.29, 0.717) is 28.6 Å². The molecule has 2 aromatic carbocycles. The Morgan fingerprint density at radius 2 is 2.10 bits per heavy atom. The molecule has 3 atom stereocenters. The van der Waals surface area contributed by atoms with Gasteiger partial charge in [-0.05, 0) is 61.8 Å². The number of para-hydroxylation sites is 2. The summed E-state index contributed by atoms with van der Waals surface area (Å²) < 4.78 is 5.80. The van der Waals surface area contributed by atoms with E-state index in [9.17, 15) is 10.1 Å². The molecule has 150 valence electrons. The van der Waals surface area contributed by atoms with Crippen molar-refractivity contribution in [2.24, 2.45) is 11.8 Å². The van der Waals surface area contributed by atoms with Crippen LogP contribution in [-0.2, 0) is 0 Å². The fraction of sp³-hybridized carbons (Fsp3) is 0.435. The molecule has 5 rings (SSSR count). The zero-order chi connectivity index (χ0) is 20.0. The van der Waals surface area contributed by atoms with Gasteiger partial charge in [-0.15, -0.1) is 0 Å². The minimum absolute atomic E-state index is 0.0233. The van der Waals surface area contributed by atoms with Crippen LogP contribution >= 0.6 is 0 Å². The Morgan fingerprint density at radius 1 is 1.24 bits per heavy atom. The molecule has 2 aliphatic rings. The van der Waals surface area contributed by atoms with Crippen LogP contribution in [-0.4, -0.2) is 15.4 Å². The lowest BCUT2D eigenvalue weighted by molar-refractivity contribution is -0.384. The summed E-state index contributed by atoms with van der Waals surface area (Å²) in [5.41, 5.74) is 2.70. The summed E-state index contributed by atoms with van der Waals surface area (Å²) in [5.74, 6) is 1.79. The van der Waals surface area contributed by atoms with Crippen LogP contribution in [0.2, 0.25) is 0 Å². The fourth-order valence-corrected chi connectivity index (χ4v) is 5.56. The fourth-order valence-electron chi connectivity index (χ4n) is 5.56. The van der Waals surface area contributed by atoms with Crippen molar-refractivity contribution in [2.45, 2.75) is 51.0 Å². The average molecular weight is 391 g/mol. The highest BCUT2D eigenvalue weighted by molar-refractivity contribution is 5.78. The Morgan fingerprint density at radius 3 is 2.93 bits per heavy atom. The summed E-state index contributed by atoms with van der Waals surface area (Å²) in [6.45, 7) is 2.30. The SMILES string of the molecule is C[C@@H]1CC2CCCC(Nc3ccc(-c4nc5ccccc5o4)cc3[N+](=O)[O-])(C2)C1. The predicted molar refractivity (Wildman–Crippen MR) is 113 cm³/mol. The minimum Gasteiger partial charge on any atom is -0.436 e. The van der Waals surface area contributed by atoms with E-state index in [1.165, 1.54) is 19.3 Å². The van der Waals surface area contributed by atoms with E-state index in [-0.39, 0.29) is 16.1 Å². The largest absolute Gasteiger partial charge is 0.436 e. The van der Waals surface area contributed by atoms with E-state index < -0.39 is 0 Å². The Labute approximate surface area is 169 Å². The van der Waals surface area contributed by atoms with Crippen molar-refractivity contribution in [3.8, 4) is 11.5 Å². The number of hydrogen-bond acceptors (Lipinski definition) is 5. The highest BCUT2D eigenvalue weighted by atomic mass is 16.6. The molecule has 2 unspecified atom stereocenters. The van der Waals surface area contributed by atoms with Gasteiger partial charge < -0.3 is 9.73 Å². The summed E-state index contributed by atoms with van der Waals surface area (Å²) in [6, 6.07) is 12.8. The van der Waals surface area contributed by atoms with Crippen molar-refractivity contribution in [1.29, 1.82) is 0 Å². The highest BCUT2D eigenvalue weighted by Crippen LogP contribution is 2.48. The smallest absolute Gasteiger partial charge is 0.293 e. The first-order valence-corrected chi connectivity index (χ1v) is 10.4. The Kier molecular flexibility index (Phi) is 4.30. The van der Waals surface area contributed by atoms with Crippen LogP contribution in [0.25, 0.3) is 22.6 Å². The zero-order valence-corrected chi connectivity index (χ0v) is 16.6. The molecule has 2 bridgehead atoms. The van der Waals surface area contributed by atoms with Crippen LogP contribution in [0.5, 0.6) is 0 Å². The molecular formula is C23H25N3O3. The average Bonchev–Trinajstić information content (AvgIpc) is 3.11. The summed E-state index contributed by atoms with van der Waals surface area (Å²) >= 11 is 0. The van der Waals surface area contributed by atoms with Gasteiger partial charge in [0, 0.05) is 17.2 Å². The van der Waals surface area contributed by atoms with Gasteiger partial charge in [-0.3, -0.25) is 10.1 Å². The Balaban J connectivity index is 1.50.